The molecule has 7 heteroatoms. The van der Waals surface area contributed by atoms with Gasteiger partial charge in [0.15, 0.2) is 11.5 Å². The lowest BCUT2D eigenvalue weighted by molar-refractivity contribution is 0.0727. The Morgan fingerprint density at radius 2 is 1.96 bits per heavy atom. The fourth-order valence-electron chi connectivity index (χ4n) is 3.30. The highest BCUT2D eigenvalue weighted by molar-refractivity contribution is 5.98. The Bertz CT molecular complexity index is 836. The van der Waals surface area contributed by atoms with Crippen LogP contribution in [-0.2, 0) is 13.0 Å². The Morgan fingerprint density at radius 1 is 1.19 bits per heavy atom. The van der Waals surface area contributed by atoms with E-state index in [0.29, 0.717) is 36.0 Å². The topological polar surface area (TPSA) is 67.8 Å². The third kappa shape index (κ3) is 3.16. The Balaban J connectivity index is 1.93. The van der Waals surface area contributed by atoms with Crippen LogP contribution in [0.2, 0.25) is 0 Å². The summed E-state index contributed by atoms with van der Waals surface area (Å²) in [6.45, 7) is 2.94. The number of anilines is 1. The van der Waals surface area contributed by atoms with E-state index in [-0.39, 0.29) is 5.91 Å². The van der Waals surface area contributed by atoms with Gasteiger partial charge in [0.1, 0.15) is 11.6 Å². The predicted molar refractivity (Wildman–Crippen MR) is 99.1 cm³/mol. The molecule has 26 heavy (non-hydrogen) atoms. The summed E-state index contributed by atoms with van der Waals surface area (Å²) >= 11 is 0. The van der Waals surface area contributed by atoms with Gasteiger partial charge in [0.25, 0.3) is 5.91 Å². The van der Waals surface area contributed by atoms with Gasteiger partial charge in [-0.3, -0.25) is 4.79 Å². The zero-order chi connectivity index (χ0) is 18.8. The van der Waals surface area contributed by atoms with Gasteiger partial charge in [0.05, 0.1) is 32.0 Å². The second-order valence-corrected chi connectivity index (χ2v) is 6.43. The molecule has 0 fully saturated rings. The molecule has 1 aromatic carbocycles. The van der Waals surface area contributed by atoms with E-state index in [9.17, 15) is 4.79 Å². The number of nitrogens with zero attached hydrogens (tertiary/aromatic N) is 4. The lowest BCUT2D eigenvalue weighted by Gasteiger charge is -2.31. The number of amides is 1. The van der Waals surface area contributed by atoms with Crippen LogP contribution in [0.15, 0.2) is 18.2 Å². The fraction of sp³-hybridized carbons (Fsp3) is 0.421. The van der Waals surface area contributed by atoms with Crippen molar-refractivity contribution in [1.82, 2.24) is 14.9 Å². The van der Waals surface area contributed by atoms with Gasteiger partial charge in [-0.2, -0.15) is 0 Å². The third-order valence-electron chi connectivity index (χ3n) is 4.50. The van der Waals surface area contributed by atoms with E-state index in [0.717, 1.165) is 23.5 Å². The molecule has 0 aliphatic carbocycles. The van der Waals surface area contributed by atoms with E-state index in [2.05, 4.69) is 9.97 Å². The molecule has 0 unspecified atom stereocenters. The molecule has 0 N–H and O–H groups in total. The average molecular weight is 356 g/mol. The van der Waals surface area contributed by atoms with Gasteiger partial charge in [-0.1, -0.05) is 6.07 Å². The molecule has 0 saturated carbocycles. The number of hydrogen-bond donors (Lipinski definition) is 0. The van der Waals surface area contributed by atoms with Gasteiger partial charge >= 0.3 is 0 Å². The van der Waals surface area contributed by atoms with Crippen LogP contribution in [0, 0.1) is 6.92 Å². The van der Waals surface area contributed by atoms with Gasteiger partial charge < -0.3 is 19.3 Å². The maximum atomic E-state index is 13.1. The fourth-order valence-corrected chi connectivity index (χ4v) is 3.30. The lowest BCUT2D eigenvalue weighted by atomic mass is 10.0. The third-order valence-corrected chi connectivity index (χ3v) is 4.50. The molecule has 0 bridgehead atoms. The van der Waals surface area contributed by atoms with Gasteiger partial charge in [0.2, 0.25) is 0 Å². The summed E-state index contributed by atoms with van der Waals surface area (Å²) in [5, 5.41) is 0. The number of fused-ring (bicyclic) bond motifs is 1. The van der Waals surface area contributed by atoms with Crippen LogP contribution >= 0.6 is 0 Å². The molecular weight excluding hydrogens is 332 g/mol. The van der Waals surface area contributed by atoms with Crippen LogP contribution in [0.1, 0.15) is 27.4 Å². The van der Waals surface area contributed by atoms with Crippen LogP contribution in [-0.4, -0.2) is 55.6 Å². The van der Waals surface area contributed by atoms with Gasteiger partial charge in [-0.05, 0) is 25.5 Å². The van der Waals surface area contributed by atoms with Crippen LogP contribution in [0.5, 0.6) is 11.5 Å². The Labute approximate surface area is 153 Å². The minimum atomic E-state index is -0.0888. The zero-order valence-corrected chi connectivity index (χ0v) is 15.9. The lowest BCUT2D eigenvalue weighted by Crippen LogP contribution is -2.37. The van der Waals surface area contributed by atoms with E-state index in [1.807, 2.05) is 25.9 Å². The molecule has 0 saturated heterocycles. The number of para-hydroxylation sites is 1. The molecular formula is C19H24N4O3. The molecule has 2 heterocycles. The van der Waals surface area contributed by atoms with Crippen LogP contribution < -0.4 is 14.4 Å². The number of carbonyl (C=O) groups excluding carboxylic acids is 1. The zero-order valence-electron chi connectivity index (χ0n) is 15.9. The van der Waals surface area contributed by atoms with Crippen molar-refractivity contribution < 1.29 is 14.3 Å². The Morgan fingerprint density at radius 3 is 2.62 bits per heavy atom. The summed E-state index contributed by atoms with van der Waals surface area (Å²) in [5.41, 5.74) is 2.51. The first kappa shape index (κ1) is 18.0. The van der Waals surface area contributed by atoms with E-state index in [1.54, 1.807) is 37.3 Å². The molecule has 138 valence electrons. The molecule has 1 amide bonds. The SMILES string of the molecule is COc1cccc(C(=O)N2CCc3c(nc(C)nc3N(C)C)C2)c1OC. The molecule has 1 aromatic heterocycles. The monoisotopic (exact) mass is 356 g/mol. The van der Waals surface area contributed by atoms with Crippen molar-refractivity contribution in [2.45, 2.75) is 19.9 Å². The number of ether oxygens (including phenoxy) is 2. The second-order valence-electron chi connectivity index (χ2n) is 6.43. The molecule has 0 radical (unpaired) electrons. The quantitative estimate of drug-likeness (QED) is 0.835. The predicted octanol–water partition coefficient (Wildman–Crippen LogP) is 2.07. The summed E-state index contributed by atoms with van der Waals surface area (Å²) in [7, 11) is 7.05. The smallest absolute Gasteiger partial charge is 0.258 e. The molecule has 3 rings (SSSR count). The Hall–Kier alpha value is -2.83. The van der Waals surface area contributed by atoms with Crippen LogP contribution in [0.3, 0.4) is 0 Å². The highest BCUT2D eigenvalue weighted by Crippen LogP contribution is 2.33. The highest BCUT2D eigenvalue weighted by atomic mass is 16.5. The van der Waals surface area contributed by atoms with Crippen molar-refractivity contribution in [3.63, 3.8) is 0 Å². The highest BCUT2D eigenvalue weighted by Gasteiger charge is 2.28. The van der Waals surface area contributed by atoms with E-state index < -0.39 is 0 Å². The summed E-state index contributed by atoms with van der Waals surface area (Å²) in [5.74, 6) is 2.55. The number of benzene rings is 1. The summed E-state index contributed by atoms with van der Waals surface area (Å²) in [6.07, 6.45) is 0.723. The summed E-state index contributed by atoms with van der Waals surface area (Å²) in [6, 6.07) is 5.33. The number of aryl methyl sites for hydroxylation is 1. The maximum absolute atomic E-state index is 13.1. The first-order valence-electron chi connectivity index (χ1n) is 8.50. The second kappa shape index (κ2) is 7.19. The number of hydrogen-bond acceptors (Lipinski definition) is 6. The summed E-state index contributed by atoms with van der Waals surface area (Å²) in [4.78, 5) is 26.0. The first-order valence-corrected chi connectivity index (χ1v) is 8.50. The minimum absolute atomic E-state index is 0.0888. The molecule has 0 spiro atoms. The molecule has 1 aliphatic heterocycles. The van der Waals surface area contributed by atoms with Crippen LogP contribution in [0.25, 0.3) is 0 Å². The van der Waals surface area contributed by atoms with Crippen molar-refractivity contribution in [1.29, 1.82) is 0 Å². The Kier molecular flexibility index (Phi) is 4.97. The van der Waals surface area contributed by atoms with Crippen molar-refractivity contribution in [3.8, 4) is 11.5 Å². The first-order chi connectivity index (χ1) is 12.5. The van der Waals surface area contributed by atoms with Crippen molar-refractivity contribution in [2.24, 2.45) is 0 Å². The average Bonchev–Trinajstić information content (AvgIpc) is 2.65. The molecule has 1 aliphatic rings. The maximum Gasteiger partial charge on any atom is 0.258 e. The molecule has 7 nitrogen and oxygen atoms in total. The standard InChI is InChI=1S/C19H24N4O3/c1-12-20-15-11-23(10-9-13(15)18(21-12)22(2)3)19(24)14-7-6-8-16(25-4)17(14)26-5/h6-8H,9-11H2,1-5H3. The van der Waals surface area contributed by atoms with Gasteiger partial charge in [0, 0.05) is 26.2 Å². The van der Waals surface area contributed by atoms with E-state index >= 15 is 0 Å². The number of rotatable bonds is 4. The number of aromatic nitrogens is 2. The molecule has 0 atom stereocenters. The van der Waals surface area contributed by atoms with Crippen molar-refractivity contribution in [3.05, 3.63) is 40.8 Å². The minimum Gasteiger partial charge on any atom is -0.493 e. The number of carbonyl (C=O) groups is 1. The van der Waals surface area contributed by atoms with E-state index in [4.69, 9.17) is 9.47 Å². The van der Waals surface area contributed by atoms with Gasteiger partial charge in [-0.25, -0.2) is 9.97 Å². The van der Waals surface area contributed by atoms with Crippen molar-refractivity contribution in [2.75, 3.05) is 39.8 Å². The van der Waals surface area contributed by atoms with Gasteiger partial charge in [-0.15, -0.1) is 0 Å². The largest absolute Gasteiger partial charge is 0.493 e. The summed E-state index contributed by atoms with van der Waals surface area (Å²) < 4.78 is 10.7. The molecule has 2 aromatic rings. The van der Waals surface area contributed by atoms with Crippen LogP contribution in [0.4, 0.5) is 5.82 Å². The normalized spacial score (nSPS) is 13.2. The number of methoxy groups -OCH3 is 2. The van der Waals surface area contributed by atoms with Crippen molar-refractivity contribution >= 4 is 11.7 Å². The van der Waals surface area contributed by atoms with E-state index in [1.165, 1.54) is 0 Å².